The molecule has 0 saturated carbocycles. The van der Waals surface area contributed by atoms with Gasteiger partial charge in [0.15, 0.2) is 6.61 Å². The number of methoxy groups -OCH3 is 1. The summed E-state index contributed by atoms with van der Waals surface area (Å²) >= 11 is 0. The monoisotopic (exact) mass is 252 g/mol. The van der Waals surface area contributed by atoms with Gasteiger partial charge in [0.1, 0.15) is 5.75 Å². The molecule has 0 aromatic heterocycles. The summed E-state index contributed by atoms with van der Waals surface area (Å²) in [5.41, 5.74) is 6.53. The number of likely N-dealkylation sites (N-methyl/N-ethyl adjacent to an activating group) is 1. The van der Waals surface area contributed by atoms with Crippen LogP contribution in [-0.4, -0.2) is 44.7 Å². The highest BCUT2D eigenvalue weighted by molar-refractivity contribution is 5.77. The zero-order chi connectivity index (χ0) is 13.4. The van der Waals surface area contributed by atoms with Crippen LogP contribution in [0, 0.1) is 0 Å². The molecule has 0 aliphatic heterocycles. The first-order valence-electron chi connectivity index (χ1n) is 5.82. The number of ether oxygens (including phenoxy) is 2. The van der Waals surface area contributed by atoms with Gasteiger partial charge in [-0.2, -0.15) is 0 Å². The molecule has 5 nitrogen and oxygen atoms in total. The number of carbonyl (C=O) groups excluding carboxylic acids is 1. The predicted octanol–water partition coefficient (Wildman–Crippen LogP) is 0.629. The summed E-state index contributed by atoms with van der Waals surface area (Å²) in [6.07, 6.45) is 0. The molecule has 1 aromatic carbocycles. The third-order valence-electron chi connectivity index (χ3n) is 2.58. The lowest BCUT2D eigenvalue weighted by atomic mass is 10.2. The van der Waals surface area contributed by atoms with E-state index in [4.69, 9.17) is 15.2 Å². The number of hydrogen-bond acceptors (Lipinski definition) is 4. The molecule has 0 radical (unpaired) electrons. The van der Waals surface area contributed by atoms with Crippen LogP contribution in [0.4, 0.5) is 0 Å². The summed E-state index contributed by atoms with van der Waals surface area (Å²) in [5, 5.41) is 0. The maximum atomic E-state index is 11.7. The van der Waals surface area contributed by atoms with Gasteiger partial charge in [-0.3, -0.25) is 4.79 Å². The van der Waals surface area contributed by atoms with Crippen LogP contribution in [0.5, 0.6) is 5.75 Å². The molecule has 0 spiro atoms. The number of nitrogens with zero attached hydrogens (tertiary/aromatic N) is 1. The van der Waals surface area contributed by atoms with Gasteiger partial charge in [0.2, 0.25) is 0 Å². The Morgan fingerprint density at radius 1 is 1.33 bits per heavy atom. The van der Waals surface area contributed by atoms with E-state index in [0.717, 1.165) is 5.56 Å². The SMILES string of the molecule is COCCN(C)C(=O)COc1ccc(CN)cc1. The third-order valence-corrected chi connectivity index (χ3v) is 2.58. The molecule has 0 aliphatic carbocycles. The van der Waals surface area contributed by atoms with Crippen molar-refractivity contribution >= 4 is 5.91 Å². The fourth-order valence-electron chi connectivity index (χ4n) is 1.33. The first-order chi connectivity index (χ1) is 8.67. The smallest absolute Gasteiger partial charge is 0.260 e. The van der Waals surface area contributed by atoms with Crippen molar-refractivity contribution in [2.45, 2.75) is 6.54 Å². The second-order valence-electron chi connectivity index (χ2n) is 3.94. The van der Waals surface area contributed by atoms with E-state index in [-0.39, 0.29) is 12.5 Å². The van der Waals surface area contributed by atoms with Crippen molar-refractivity contribution in [1.82, 2.24) is 4.90 Å². The van der Waals surface area contributed by atoms with E-state index in [0.29, 0.717) is 25.4 Å². The van der Waals surface area contributed by atoms with Gasteiger partial charge in [-0.25, -0.2) is 0 Å². The number of hydrogen-bond donors (Lipinski definition) is 1. The minimum absolute atomic E-state index is 0.0299. The third kappa shape index (κ3) is 4.73. The number of nitrogens with two attached hydrogens (primary N) is 1. The minimum atomic E-state index is -0.0741. The van der Waals surface area contributed by atoms with Gasteiger partial charge >= 0.3 is 0 Å². The van der Waals surface area contributed by atoms with Crippen LogP contribution in [-0.2, 0) is 16.1 Å². The van der Waals surface area contributed by atoms with Crippen LogP contribution in [0.15, 0.2) is 24.3 Å². The number of carbonyl (C=O) groups is 1. The van der Waals surface area contributed by atoms with E-state index >= 15 is 0 Å². The van der Waals surface area contributed by atoms with Crippen LogP contribution in [0.1, 0.15) is 5.56 Å². The molecule has 0 unspecified atom stereocenters. The molecular weight excluding hydrogens is 232 g/mol. The highest BCUT2D eigenvalue weighted by atomic mass is 16.5. The van der Waals surface area contributed by atoms with Gasteiger partial charge < -0.3 is 20.1 Å². The molecule has 18 heavy (non-hydrogen) atoms. The van der Waals surface area contributed by atoms with Gasteiger partial charge in [-0.05, 0) is 17.7 Å². The molecular formula is C13H20N2O3. The molecule has 0 bridgehead atoms. The molecule has 0 atom stereocenters. The highest BCUT2D eigenvalue weighted by Gasteiger charge is 2.08. The molecule has 0 saturated heterocycles. The van der Waals surface area contributed by atoms with Crippen molar-refractivity contribution in [2.75, 3.05) is 33.9 Å². The Morgan fingerprint density at radius 2 is 2.00 bits per heavy atom. The fraction of sp³-hybridized carbons (Fsp3) is 0.462. The Kier molecular flexibility index (Phi) is 6.18. The van der Waals surface area contributed by atoms with Crippen molar-refractivity contribution in [2.24, 2.45) is 5.73 Å². The predicted molar refractivity (Wildman–Crippen MR) is 69.3 cm³/mol. The fourth-order valence-corrected chi connectivity index (χ4v) is 1.33. The zero-order valence-corrected chi connectivity index (χ0v) is 10.9. The van der Waals surface area contributed by atoms with Gasteiger partial charge in [-0.1, -0.05) is 12.1 Å². The Bertz CT molecular complexity index is 365. The lowest BCUT2D eigenvalue weighted by molar-refractivity contribution is -0.132. The average molecular weight is 252 g/mol. The Hall–Kier alpha value is -1.59. The zero-order valence-electron chi connectivity index (χ0n) is 10.9. The summed E-state index contributed by atoms with van der Waals surface area (Å²) in [4.78, 5) is 13.3. The van der Waals surface area contributed by atoms with Crippen molar-refractivity contribution in [1.29, 1.82) is 0 Å². The van der Waals surface area contributed by atoms with Gasteiger partial charge in [0.25, 0.3) is 5.91 Å². The van der Waals surface area contributed by atoms with E-state index in [1.165, 1.54) is 0 Å². The number of rotatable bonds is 7. The van der Waals surface area contributed by atoms with Crippen LogP contribution in [0.2, 0.25) is 0 Å². The van der Waals surface area contributed by atoms with Gasteiger partial charge in [0, 0.05) is 27.2 Å². The Labute approximate surface area is 107 Å². The van der Waals surface area contributed by atoms with Crippen LogP contribution < -0.4 is 10.5 Å². The van der Waals surface area contributed by atoms with Crippen LogP contribution in [0.3, 0.4) is 0 Å². The summed E-state index contributed by atoms with van der Waals surface area (Å²) in [6, 6.07) is 7.39. The number of benzene rings is 1. The normalized spacial score (nSPS) is 10.2. The Balaban J connectivity index is 2.37. The second-order valence-corrected chi connectivity index (χ2v) is 3.94. The second kappa shape index (κ2) is 7.68. The largest absolute Gasteiger partial charge is 0.484 e. The topological polar surface area (TPSA) is 64.8 Å². The molecule has 2 N–H and O–H groups in total. The first kappa shape index (κ1) is 14.5. The molecule has 0 aliphatic rings. The van der Waals surface area contributed by atoms with Gasteiger partial charge in [-0.15, -0.1) is 0 Å². The average Bonchev–Trinajstić information content (AvgIpc) is 2.42. The van der Waals surface area contributed by atoms with Crippen molar-refractivity contribution < 1.29 is 14.3 Å². The lowest BCUT2D eigenvalue weighted by Crippen LogP contribution is -2.33. The summed E-state index contributed by atoms with van der Waals surface area (Å²) in [6.45, 7) is 1.61. The van der Waals surface area contributed by atoms with E-state index < -0.39 is 0 Å². The molecule has 1 rings (SSSR count). The van der Waals surface area contributed by atoms with E-state index in [9.17, 15) is 4.79 Å². The van der Waals surface area contributed by atoms with Crippen molar-refractivity contribution in [3.8, 4) is 5.75 Å². The first-order valence-corrected chi connectivity index (χ1v) is 5.82. The molecule has 5 heteroatoms. The molecule has 0 fully saturated rings. The van der Waals surface area contributed by atoms with E-state index in [2.05, 4.69) is 0 Å². The minimum Gasteiger partial charge on any atom is -0.484 e. The summed E-state index contributed by atoms with van der Waals surface area (Å²) in [7, 11) is 3.33. The standard InChI is InChI=1S/C13H20N2O3/c1-15(7-8-17-2)13(16)10-18-12-5-3-11(9-14)4-6-12/h3-6H,7-10,14H2,1-2H3. The lowest BCUT2D eigenvalue weighted by Gasteiger charge is -2.16. The van der Waals surface area contributed by atoms with Crippen molar-refractivity contribution in [3.63, 3.8) is 0 Å². The maximum absolute atomic E-state index is 11.7. The van der Waals surface area contributed by atoms with Crippen LogP contribution >= 0.6 is 0 Å². The van der Waals surface area contributed by atoms with E-state index in [1.54, 1.807) is 19.1 Å². The molecule has 100 valence electrons. The summed E-state index contributed by atoms with van der Waals surface area (Å²) < 4.78 is 10.3. The molecule has 1 aromatic rings. The van der Waals surface area contributed by atoms with Crippen LogP contribution in [0.25, 0.3) is 0 Å². The van der Waals surface area contributed by atoms with Gasteiger partial charge in [0.05, 0.1) is 6.61 Å². The molecule has 0 heterocycles. The summed E-state index contributed by atoms with van der Waals surface area (Å²) in [5.74, 6) is 0.593. The maximum Gasteiger partial charge on any atom is 0.260 e. The van der Waals surface area contributed by atoms with Crippen molar-refractivity contribution in [3.05, 3.63) is 29.8 Å². The highest BCUT2D eigenvalue weighted by Crippen LogP contribution is 2.11. The quantitative estimate of drug-likeness (QED) is 0.773. The Morgan fingerprint density at radius 3 is 2.56 bits per heavy atom. The molecule has 1 amide bonds. The number of amides is 1. The van der Waals surface area contributed by atoms with E-state index in [1.807, 2.05) is 24.3 Å².